The van der Waals surface area contributed by atoms with E-state index in [0.29, 0.717) is 0 Å². The van der Waals surface area contributed by atoms with E-state index in [2.05, 4.69) is 31.0 Å². The average Bonchev–Trinajstić information content (AvgIpc) is 2.89. The molecule has 0 spiro atoms. The van der Waals surface area contributed by atoms with Crippen LogP contribution in [0.25, 0.3) is 0 Å². The summed E-state index contributed by atoms with van der Waals surface area (Å²) in [5.41, 5.74) is 1.31. The number of H-pyrrole nitrogens is 1. The first-order chi connectivity index (χ1) is 8.42. The number of nitrogens with one attached hydrogen (secondary N) is 1. The van der Waals surface area contributed by atoms with Crippen molar-refractivity contribution in [3.8, 4) is 0 Å². The molecule has 1 N–H and O–H groups in total. The summed E-state index contributed by atoms with van der Waals surface area (Å²) in [6, 6.07) is 0. The first-order valence-electron chi connectivity index (χ1n) is 5.66. The second kappa shape index (κ2) is 5.14. The number of nitrogens with zero attached hydrogens (tertiary/aromatic N) is 4. The smallest absolute Gasteiger partial charge is 0.175 e. The molecule has 0 amide bonds. The zero-order valence-electron chi connectivity index (χ0n) is 9.30. The second-order valence-electron chi connectivity index (χ2n) is 4.07. The molecule has 17 heavy (non-hydrogen) atoms. The molecule has 2 aromatic rings. The van der Waals surface area contributed by atoms with Gasteiger partial charge >= 0.3 is 0 Å². The Balaban J connectivity index is 1.41. The van der Waals surface area contributed by atoms with Crippen LogP contribution in [0, 0.1) is 0 Å². The fourth-order valence-electron chi connectivity index (χ4n) is 1.57. The van der Waals surface area contributed by atoms with Gasteiger partial charge in [0, 0.05) is 29.2 Å². The summed E-state index contributed by atoms with van der Waals surface area (Å²) in [5, 5.41) is 17.3. The van der Waals surface area contributed by atoms with E-state index >= 15 is 0 Å². The molecule has 0 unspecified atom stereocenters. The minimum Gasteiger partial charge on any atom is -0.245 e. The first-order valence-corrected chi connectivity index (χ1v) is 7.69. The Morgan fingerprint density at radius 1 is 1.47 bits per heavy atom. The third-order valence-corrected chi connectivity index (χ3v) is 4.67. The Labute approximate surface area is 107 Å². The number of tetrazole rings is 1. The maximum atomic E-state index is 4.65. The maximum absolute atomic E-state index is 4.65. The van der Waals surface area contributed by atoms with Crippen molar-refractivity contribution in [1.29, 1.82) is 0 Å². The lowest BCUT2D eigenvalue weighted by Gasteiger charge is -1.95. The highest BCUT2D eigenvalue weighted by molar-refractivity contribution is 7.98. The van der Waals surface area contributed by atoms with Crippen LogP contribution in [0.5, 0.6) is 0 Å². The Kier molecular flexibility index (Phi) is 3.37. The highest BCUT2D eigenvalue weighted by Gasteiger charge is 2.25. The molecule has 1 fully saturated rings. The zero-order valence-corrected chi connectivity index (χ0v) is 10.9. The summed E-state index contributed by atoms with van der Waals surface area (Å²) in [6.45, 7) is 0. The van der Waals surface area contributed by atoms with Crippen molar-refractivity contribution >= 4 is 23.1 Å². The van der Waals surface area contributed by atoms with E-state index in [4.69, 9.17) is 0 Å². The number of rotatable bonds is 6. The molecule has 0 saturated heterocycles. The number of aryl methyl sites for hydroxylation is 1. The van der Waals surface area contributed by atoms with Gasteiger partial charge in [0.1, 0.15) is 5.01 Å². The highest BCUT2D eigenvalue weighted by atomic mass is 32.2. The van der Waals surface area contributed by atoms with Gasteiger partial charge in [0.05, 0.1) is 5.69 Å². The van der Waals surface area contributed by atoms with Crippen molar-refractivity contribution in [3.05, 3.63) is 21.9 Å². The summed E-state index contributed by atoms with van der Waals surface area (Å²) in [7, 11) is 0. The number of aromatic amines is 1. The molecule has 2 aromatic heterocycles. The van der Waals surface area contributed by atoms with Crippen LogP contribution in [0.3, 0.4) is 0 Å². The Morgan fingerprint density at radius 2 is 2.41 bits per heavy atom. The quantitative estimate of drug-likeness (QED) is 0.811. The third-order valence-electron chi connectivity index (χ3n) is 2.65. The van der Waals surface area contributed by atoms with Crippen molar-refractivity contribution in [3.63, 3.8) is 0 Å². The van der Waals surface area contributed by atoms with Crippen LogP contribution in [0.2, 0.25) is 0 Å². The second-order valence-corrected chi connectivity index (χ2v) is 6.12. The minimum absolute atomic E-state index is 0.768. The standard InChI is InChI=1S/C10H13N5S2/c1-2-7(1)8-5-17-10(11-8)6-16-4-3-9-12-14-15-13-9/h5,7H,1-4,6H2,(H,12,13,14,15). The Bertz CT molecular complexity index is 463. The number of thioether (sulfide) groups is 1. The summed E-state index contributed by atoms with van der Waals surface area (Å²) in [4.78, 5) is 4.65. The molecule has 0 atom stereocenters. The van der Waals surface area contributed by atoms with E-state index in [1.807, 2.05) is 11.8 Å². The molecule has 90 valence electrons. The SMILES string of the molecule is c1sc(CSCCc2nn[nH]n2)nc1C1CC1. The molecule has 0 aromatic carbocycles. The molecule has 1 aliphatic rings. The van der Waals surface area contributed by atoms with E-state index < -0.39 is 0 Å². The maximum Gasteiger partial charge on any atom is 0.175 e. The predicted molar refractivity (Wildman–Crippen MR) is 68.1 cm³/mol. The van der Waals surface area contributed by atoms with Gasteiger partial charge in [-0.2, -0.15) is 17.0 Å². The minimum atomic E-state index is 0.768. The van der Waals surface area contributed by atoms with Crippen molar-refractivity contribution in [2.45, 2.75) is 30.9 Å². The van der Waals surface area contributed by atoms with Crippen LogP contribution < -0.4 is 0 Å². The van der Waals surface area contributed by atoms with Crippen molar-refractivity contribution in [2.24, 2.45) is 0 Å². The molecule has 7 heteroatoms. The van der Waals surface area contributed by atoms with Crippen molar-refractivity contribution in [2.75, 3.05) is 5.75 Å². The van der Waals surface area contributed by atoms with Gasteiger partial charge in [-0.15, -0.1) is 21.5 Å². The Morgan fingerprint density at radius 3 is 3.18 bits per heavy atom. The highest BCUT2D eigenvalue weighted by Crippen LogP contribution is 2.40. The fourth-order valence-corrected chi connectivity index (χ4v) is 3.46. The number of hydrogen-bond donors (Lipinski definition) is 1. The molecule has 0 bridgehead atoms. The van der Waals surface area contributed by atoms with E-state index in [1.165, 1.54) is 23.5 Å². The van der Waals surface area contributed by atoms with Crippen LogP contribution >= 0.6 is 23.1 Å². The van der Waals surface area contributed by atoms with Gasteiger partial charge in [0.2, 0.25) is 0 Å². The first kappa shape index (κ1) is 11.2. The van der Waals surface area contributed by atoms with Crippen LogP contribution in [0.1, 0.15) is 35.3 Å². The van der Waals surface area contributed by atoms with Gasteiger partial charge in [-0.1, -0.05) is 5.21 Å². The van der Waals surface area contributed by atoms with Gasteiger partial charge < -0.3 is 0 Å². The molecule has 0 aliphatic heterocycles. The normalized spacial score (nSPS) is 15.3. The lowest BCUT2D eigenvalue weighted by molar-refractivity contribution is 0.881. The van der Waals surface area contributed by atoms with Crippen LogP contribution in [0.15, 0.2) is 5.38 Å². The zero-order chi connectivity index (χ0) is 11.5. The summed E-state index contributed by atoms with van der Waals surface area (Å²) < 4.78 is 0. The monoisotopic (exact) mass is 267 g/mol. The lowest BCUT2D eigenvalue weighted by Crippen LogP contribution is -1.92. The number of thiazole rings is 1. The molecular formula is C10H13N5S2. The summed E-state index contributed by atoms with van der Waals surface area (Å²) >= 11 is 3.66. The predicted octanol–water partition coefficient (Wildman–Crippen LogP) is 2.01. The van der Waals surface area contributed by atoms with Crippen LogP contribution in [-0.4, -0.2) is 31.4 Å². The molecule has 0 radical (unpaired) electrons. The topological polar surface area (TPSA) is 67.3 Å². The molecule has 5 nitrogen and oxygen atoms in total. The van der Waals surface area contributed by atoms with E-state index in [1.54, 1.807) is 11.3 Å². The average molecular weight is 267 g/mol. The molecular weight excluding hydrogens is 254 g/mol. The van der Waals surface area contributed by atoms with Gasteiger partial charge in [-0.25, -0.2) is 4.98 Å². The Hall–Kier alpha value is -0.950. The third kappa shape index (κ3) is 3.04. The molecule has 2 heterocycles. The van der Waals surface area contributed by atoms with E-state index in [-0.39, 0.29) is 0 Å². The number of aromatic nitrogens is 5. The molecule has 3 rings (SSSR count). The van der Waals surface area contributed by atoms with Crippen molar-refractivity contribution < 1.29 is 0 Å². The van der Waals surface area contributed by atoms with Gasteiger partial charge in [0.25, 0.3) is 0 Å². The van der Waals surface area contributed by atoms with Crippen LogP contribution in [0.4, 0.5) is 0 Å². The van der Waals surface area contributed by atoms with Crippen molar-refractivity contribution in [1.82, 2.24) is 25.6 Å². The van der Waals surface area contributed by atoms with Gasteiger partial charge in [-0.05, 0) is 12.8 Å². The lowest BCUT2D eigenvalue weighted by atomic mass is 10.3. The number of hydrogen-bond acceptors (Lipinski definition) is 6. The summed E-state index contributed by atoms with van der Waals surface area (Å²) in [5.74, 6) is 3.56. The largest absolute Gasteiger partial charge is 0.245 e. The molecule has 1 saturated carbocycles. The van der Waals surface area contributed by atoms with Gasteiger partial charge in [-0.3, -0.25) is 0 Å². The van der Waals surface area contributed by atoms with Crippen LogP contribution in [-0.2, 0) is 12.2 Å². The fraction of sp³-hybridized carbons (Fsp3) is 0.600. The van der Waals surface area contributed by atoms with E-state index in [9.17, 15) is 0 Å². The summed E-state index contributed by atoms with van der Waals surface area (Å²) in [6.07, 6.45) is 3.52. The van der Waals surface area contributed by atoms with Gasteiger partial charge in [0.15, 0.2) is 5.82 Å². The molecule has 1 aliphatic carbocycles. The van der Waals surface area contributed by atoms with E-state index in [0.717, 1.165) is 29.7 Å².